The van der Waals surface area contributed by atoms with Gasteiger partial charge in [0.25, 0.3) is 0 Å². The maximum atomic E-state index is 15.4. The maximum Gasteiger partial charge on any atom is 0.416 e. The third-order valence-electron chi connectivity index (χ3n) is 5.99. The second-order valence-electron chi connectivity index (χ2n) is 8.10. The average Bonchev–Trinajstić information content (AvgIpc) is 2.73. The predicted molar refractivity (Wildman–Crippen MR) is 113 cm³/mol. The molecule has 0 bridgehead atoms. The van der Waals surface area contributed by atoms with Crippen LogP contribution >= 0.6 is 0 Å². The van der Waals surface area contributed by atoms with E-state index >= 15 is 4.39 Å². The minimum Gasteiger partial charge on any atom is -0.206 e. The maximum absolute atomic E-state index is 15.4. The number of unbranched alkanes of at least 4 members (excludes halogenated alkanes) is 2. The number of benzene rings is 3. The van der Waals surface area contributed by atoms with Crippen molar-refractivity contribution in [2.24, 2.45) is 0 Å². The second-order valence-corrected chi connectivity index (χ2v) is 8.10. The van der Waals surface area contributed by atoms with Crippen molar-refractivity contribution in [3.8, 4) is 22.3 Å². The van der Waals surface area contributed by atoms with Crippen LogP contribution in [-0.2, 0) is 25.4 Å². The van der Waals surface area contributed by atoms with Crippen molar-refractivity contribution in [1.82, 2.24) is 0 Å². The molecule has 162 valence electrons. The molecular formula is C26H23F5. The van der Waals surface area contributed by atoms with Gasteiger partial charge in [-0.25, -0.2) is 8.78 Å². The number of rotatable bonds is 5. The highest BCUT2D eigenvalue weighted by Crippen LogP contribution is 2.41. The number of halogens is 5. The predicted octanol–water partition coefficient (Wildman–Crippen LogP) is 8.15. The van der Waals surface area contributed by atoms with Gasteiger partial charge in [-0.2, -0.15) is 13.2 Å². The van der Waals surface area contributed by atoms with Gasteiger partial charge >= 0.3 is 6.18 Å². The molecular weight excluding hydrogens is 407 g/mol. The molecule has 5 heteroatoms. The topological polar surface area (TPSA) is 0 Å². The first kappa shape index (κ1) is 21.5. The van der Waals surface area contributed by atoms with E-state index in [0.717, 1.165) is 54.7 Å². The van der Waals surface area contributed by atoms with E-state index in [-0.39, 0.29) is 11.1 Å². The fraction of sp³-hybridized carbons (Fsp3) is 0.308. The molecule has 0 aromatic heterocycles. The first-order valence-corrected chi connectivity index (χ1v) is 10.6. The van der Waals surface area contributed by atoms with Crippen LogP contribution in [0.3, 0.4) is 0 Å². The van der Waals surface area contributed by atoms with Crippen LogP contribution in [0.4, 0.5) is 22.0 Å². The van der Waals surface area contributed by atoms with Gasteiger partial charge < -0.3 is 0 Å². The highest BCUT2D eigenvalue weighted by atomic mass is 19.4. The van der Waals surface area contributed by atoms with Gasteiger partial charge in [-0.05, 0) is 77.3 Å². The number of fused-ring (bicyclic) bond motifs is 3. The monoisotopic (exact) mass is 430 g/mol. The van der Waals surface area contributed by atoms with Crippen LogP contribution in [-0.4, -0.2) is 0 Å². The summed E-state index contributed by atoms with van der Waals surface area (Å²) in [4.78, 5) is 0. The van der Waals surface area contributed by atoms with Crippen molar-refractivity contribution in [1.29, 1.82) is 0 Å². The Labute approximate surface area is 178 Å². The lowest BCUT2D eigenvalue weighted by Gasteiger charge is -2.23. The molecule has 0 fully saturated rings. The molecule has 0 unspecified atom stereocenters. The van der Waals surface area contributed by atoms with E-state index in [4.69, 9.17) is 0 Å². The zero-order valence-corrected chi connectivity index (χ0v) is 17.3. The number of hydrogen-bond acceptors (Lipinski definition) is 0. The van der Waals surface area contributed by atoms with Crippen LogP contribution in [0, 0.1) is 11.6 Å². The first-order chi connectivity index (χ1) is 14.8. The van der Waals surface area contributed by atoms with Gasteiger partial charge in [-0.3, -0.25) is 0 Å². The number of alkyl halides is 3. The summed E-state index contributed by atoms with van der Waals surface area (Å²) in [6.45, 7) is 2.16. The van der Waals surface area contributed by atoms with E-state index in [1.54, 1.807) is 0 Å². The van der Waals surface area contributed by atoms with Gasteiger partial charge in [0.15, 0.2) is 0 Å². The summed E-state index contributed by atoms with van der Waals surface area (Å²) in [7, 11) is 0. The molecule has 0 aliphatic heterocycles. The fourth-order valence-electron chi connectivity index (χ4n) is 4.35. The third-order valence-corrected chi connectivity index (χ3v) is 5.99. The van der Waals surface area contributed by atoms with Gasteiger partial charge in [-0.1, -0.05) is 50.1 Å². The molecule has 0 heterocycles. The fourth-order valence-corrected chi connectivity index (χ4v) is 4.35. The normalized spacial score (nSPS) is 13.1. The summed E-state index contributed by atoms with van der Waals surface area (Å²) < 4.78 is 68.8. The molecule has 1 aliphatic rings. The standard InChI is InChI=1S/C26H23F5/c1-2-3-4-5-16-6-12-20-18(14-16)9-13-21-22(20)15-23(27)24(25(21)28)17-7-10-19(11-8-17)26(29,30)31/h6-8,10-12,14-15H,2-5,9,13H2,1H3. The first-order valence-electron chi connectivity index (χ1n) is 10.6. The molecule has 0 N–H and O–H groups in total. The summed E-state index contributed by atoms with van der Waals surface area (Å²) in [5.41, 5.74) is 3.08. The van der Waals surface area contributed by atoms with Gasteiger partial charge in [0.2, 0.25) is 0 Å². The lowest BCUT2D eigenvalue weighted by Crippen LogP contribution is -2.09. The van der Waals surface area contributed by atoms with Crippen LogP contribution in [0.25, 0.3) is 22.3 Å². The smallest absolute Gasteiger partial charge is 0.206 e. The zero-order chi connectivity index (χ0) is 22.2. The van der Waals surface area contributed by atoms with E-state index in [1.807, 2.05) is 12.1 Å². The molecule has 0 atom stereocenters. The van der Waals surface area contributed by atoms with Crippen molar-refractivity contribution in [2.45, 2.75) is 51.6 Å². The number of hydrogen-bond donors (Lipinski definition) is 0. The van der Waals surface area contributed by atoms with Crippen molar-refractivity contribution in [3.63, 3.8) is 0 Å². The van der Waals surface area contributed by atoms with Crippen LogP contribution in [0.15, 0.2) is 48.5 Å². The van der Waals surface area contributed by atoms with Crippen molar-refractivity contribution >= 4 is 0 Å². The molecule has 0 saturated heterocycles. The highest BCUT2D eigenvalue weighted by molar-refractivity contribution is 5.78. The van der Waals surface area contributed by atoms with Crippen LogP contribution < -0.4 is 0 Å². The van der Waals surface area contributed by atoms with Crippen molar-refractivity contribution < 1.29 is 22.0 Å². The van der Waals surface area contributed by atoms with Crippen molar-refractivity contribution in [3.05, 3.63) is 82.4 Å². The van der Waals surface area contributed by atoms with Crippen molar-refractivity contribution in [2.75, 3.05) is 0 Å². The molecule has 0 amide bonds. The SMILES string of the molecule is CCCCCc1ccc2c(c1)CCc1c-2cc(F)c(-c2ccc(C(F)(F)F)cc2)c1F. The molecule has 31 heavy (non-hydrogen) atoms. The molecule has 1 aliphatic carbocycles. The van der Waals surface area contributed by atoms with Crippen LogP contribution in [0.1, 0.15) is 48.4 Å². The summed E-state index contributed by atoms with van der Waals surface area (Å²) in [5, 5.41) is 0. The molecule has 0 saturated carbocycles. The lowest BCUT2D eigenvalue weighted by atomic mass is 9.82. The van der Waals surface area contributed by atoms with E-state index < -0.39 is 23.4 Å². The van der Waals surface area contributed by atoms with E-state index in [0.29, 0.717) is 24.0 Å². The summed E-state index contributed by atoms with van der Waals surface area (Å²) in [6, 6.07) is 11.3. The molecule has 3 aromatic rings. The summed E-state index contributed by atoms with van der Waals surface area (Å²) in [6.07, 6.45) is 1.01. The largest absolute Gasteiger partial charge is 0.416 e. The van der Waals surface area contributed by atoms with Crippen LogP contribution in [0.2, 0.25) is 0 Å². The van der Waals surface area contributed by atoms with Gasteiger partial charge in [0, 0.05) is 0 Å². The average molecular weight is 430 g/mol. The Morgan fingerprint density at radius 3 is 2.26 bits per heavy atom. The highest BCUT2D eigenvalue weighted by Gasteiger charge is 2.31. The quantitative estimate of drug-likeness (QED) is 0.283. The third kappa shape index (κ3) is 4.23. The molecule has 4 rings (SSSR count). The minimum absolute atomic E-state index is 0.0999. The molecule has 0 spiro atoms. The Balaban J connectivity index is 1.71. The van der Waals surface area contributed by atoms with Gasteiger partial charge in [-0.15, -0.1) is 0 Å². The molecule has 0 radical (unpaired) electrons. The van der Waals surface area contributed by atoms with E-state index in [2.05, 4.69) is 13.0 Å². The molecule has 3 aromatic carbocycles. The van der Waals surface area contributed by atoms with E-state index in [1.165, 1.54) is 18.1 Å². The Morgan fingerprint density at radius 1 is 0.839 bits per heavy atom. The van der Waals surface area contributed by atoms with E-state index in [9.17, 15) is 17.6 Å². The number of aryl methyl sites for hydroxylation is 2. The lowest BCUT2D eigenvalue weighted by molar-refractivity contribution is -0.137. The Bertz CT molecular complexity index is 1090. The Morgan fingerprint density at radius 2 is 1.58 bits per heavy atom. The Kier molecular flexibility index (Phi) is 5.87. The zero-order valence-electron chi connectivity index (χ0n) is 17.3. The second kappa shape index (κ2) is 8.45. The molecule has 0 nitrogen and oxygen atoms in total. The summed E-state index contributed by atoms with van der Waals surface area (Å²) >= 11 is 0. The summed E-state index contributed by atoms with van der Waals surface area (Å²) in [5.74, 6) is -1.46. The van der Waals surface area contributed by atoms with Gasteiger partial charge in [0.1, 0.15) is 11.6 Å². The van der Waals surface area contributed by atoms with Crippen LogP contribution in [0.5, 0.6) is 0 Å². The van der Waals surface area contributed by atoms with Gasteiger partial charge in [0.05, 0.1) is 11.1 Å². The Hall–Kier alpha value is -2.69. The minimum atomic E-state index is -4.50.